The van der Waals surface area contributed by atoms with Crippen molar-refractivity contribution in [2.24, 2.45) is 0 Å². The van der Waals surface area contributed by atoms with E-state index >= 15 is 0 Å². The van der Waals surface area contributed by atoms with Gasteiger partial charge >= 0.3 is 17.1 Å². The maximum atomic E-state index is 6.26. The quantitative estimate of drug-likeness (QED) is 0.348. The van der Waals surface area contributed by atoms with E-state index in [0.29, 0.717) is 19.4 Å². The summed E-state index contributed by atoms with van der Waals surface area (Å²) in [6, 6.07) is 0. The molecule has 0 aliphatic carbocycles. The van der Waals surface area contributed by atoms with Crippen LogP contribution in [0.2, 0.25) is 32.7 Å². The zero-order chi connectivity index (χ0) is 17.1. The summed E-state index contributed by atoms with van der Waals surface area (Å²) >= 11 is 0. The van der Waals surface area contributed by atoms with Gasteiger partial charge < -0.3 is 22.4 Å². The molecule has 0 aromatic heterocycles. The highest BCUT2D eigenvalue weighted by molar-refractivity contribution is 6.79. The maximum Gasteiger partial charge on any atom is 0.352 e. The molecular formula is C14H36O5Si3. The topological polar surface area (TPSA) is 46.2 Å². The van der Waals surface area contributed by atoms with Gasteiger partial charge in [-0.05, 0) is 26.1 Å². The minimum Gasteiger partial charge on any atom is -0.413 e. The number of ether oxygens (including phenoxy) is 2. The Morgan fingerprint density at radius 3 is 2.14 bits per heavy atom. The fourth-order valence-electron chi connectivity index (χ4n) is 1.77. The van der Waals surface area contributed by atoms with Crippen LogP contribution in [0.4, 0.5) is 0 Å². The highest BCUT2D eigenvalue weighted by Gasteiger charge is 2.40. The molecule has 134 valence electrons. The molecule has 0 fully saturated rings. The standard InChI is InChI=1S/C14H36O5Si3/c1-8-9-10-16-11-12-17-14-22(7,15-2)19-21(5,6)18-13-20(3)4/h20H,8-14H2,1-7H3. The third-order valence-electron chi connectivity index (χ3n) is 3.04. The molecule has 22 heavy (non-hydrogen) atoms. The summed E-state index contributed by atoms with van der Waals surface area (Å²) in [5.41, 5.74) is 0. The molecule has 0 amide bonds. The molecule has 0 aliphatic heterocycles. The molecule has 5 nitrogen and oxygen atoms in total. The van der Waals surface area contributed by atoms with Gasteiger partial charge in [0.2, 0.25) is 0 Å². The van der Waals surface area contributed by atoms with Crippen molar-refractivity contribution in [1.82, 2.24) is 0 Å². The van der Waals surface area contributed by atoms with Gasteiger partial charge in [0.05, 0.1) is 28.2 Å². The Kier molecular flexibility index (Phi) is 12.1. The van der Waals surface area contributed by atoms with E-state index in [9.17, 15) is 0 Å². The van der Waals surface area contributed by atoms with Crippen molar-refractivity contribution < 1.29 is 22.4 Å². The molecule has 0 saturated carbocycles. The number of hydrogen-bond donors (Lipinski definition) is 0. The second-order valence-corrected chi connectivity index (χ2v) is 16.6. The van der Waals surface area contributed by atoms with Crippen LogP contribution < -0.4 is 0 Å². The zero-order valence-electron chi connectivity index (χ0n) is 15.6. The molecule has 0 bridgehead atoms. The smallest absolute Gasteiger partial charge is 0.352 e. The van der Waals surface area contributed by atoms with Crippen molar-refractivity contribution in [1.29, 1.82) is 0 Å². The fourth-order valence-corrected chi connectivity index (χ4v) is 10.3. The highest BCUT2D eigenvalue weighted by Crippen LogP contribution is 2.17. The third-order valence-corrected chi connectivity index (χ3v) is 10.4. The molecule has 1 atom stereocenters. The lowest BCUT2D eigenvalue weighted by atomic mass is 10.4. The Morgan fingerprint density at radius 2 is 1.59 bits per heavy atom. The Hall–Kier alpha value is 0.451. The zero-order valence-corrected chi connectivity index (χ0v) is 18.7. The first-order valence-corrected chi connectivity index (χ1v) is 16.8. The summed E-state index contributed by atoms with van der Waals surface area (Å²) in [7, 11) is -3.51. The summed E-state index contributed by atoms with van der Waals surface area (Å²) in [5.74, 6) is 0. The van der Waals surface area contributed by atoms with Gasteiger partial charge in [0.15, 0.2) is 0 Å². The first kappa shape index (κ1) is 22.5. The van der Waals surface area contributed by atoms with Gasteiger partial charge in [-0.15, -0.1) is 0 Å². The largest absolute Gasteiger partial charge is 0.413 e. The predicted octanol–water partition coefficient (Wildman–Crippen LogP) is 2.84. The van der Waals surface area contributed by atoms with Crippen molar-refractivity contribution >= 4 is 25.9 Å². The lowest BCUT2D eigenvalue weighted by Gasteiger charge is -2.34. The molecular weight excluding hydrogens is 332 g/mol. The van der Waals surface area contributed by atoms with E-state index in [1.54, 1.807) is 7.11 Å². The van der Waals surface area contributed by atoms with E-state index in [-0.39, 0.29) is 0 Å². The summed E-state index contributed by atoms with van der Waals surface area (Å²) in [6.45, 7) is 14.9. The second kappa shape index (κ2) is 11.9. The van der Waals surface area contributed by atoms with Crippen molar-refractivity contribution in [3.05, 3.63) is 0 Å². The van der Waals surface area contributed by atoms with E-state index in [1.165, 1.54) is 0 Å². The second-order valence-electron chi connectivity index (χ2n) is 6.56. The van der Waals surface area contributed by atoms with Gasteiger partial charge in [-0.2, -0.15) is 0 Å². The van der Waals surface area contributed by atoms with Crippen LogP contribution >= 0.6 is 0 Å². The van der Waals surface area contributed by atoms with Crippen LogP contribution in [0.15, 0.2) is 0 Å². The maximum absolute atomic E-state index is 6.26. The fraction of sp³-hybridized carbons (Fsp3) is 1.00. The minimum atomic E-state index is -2.33. The normalized spacial score (nSPS) is 15.3. The van der Waals surface area contributed by atoms with Gasteiger partial charge in [0.25, 0.3) is 0 Å². The van der Waals surface area contributed by atoms with E-state index in [0.717, 1.165) is 25.7 Å². The molecule has 0 spiro atoms. The average molecular weight is 369 g/mol. The van der Waals surface area contributed by atoms with Crippen LogP contribution in [-0.2, 0) is 22.4 Å². The van der Waals surface area contributed by atoms with Crippen LogP contribution in [0.5, 0.6) is 0 Å². The van der Waals surface area contributed by atoms with Gasteiger partial charge in [-0.25, -0.2) is 0 Å². The highest BCUT2D eigenvalue weighted by atomic mass is 28.5. The molecule has 0 heterocycles. The van der Waals surface area contributed by atoms with Crippen LogP contribution in [0.25, 0.3) is 0 Å². The van der Waals surface area contributed by atoms with Gasteiger partial charge in [0.1, 0.15) is 0 Å². The summed E-state index contributed by atoms with van der Waals surface area (Å²) in [5, 5.41) is 0. The monoisotopic (exact) mass is 368 g/mol. The predicted molar refractivity (Wildman–Crippen MR) is 98.6 cm³/mol. The van der Waals surface area contributed by atoms with Crippen molar-refractivity contribution in [2.45, 2.75) is 52.5 Å². The summed E-state index contributed by atoms with van der Waals surface area (Å²) in [4.78, 5) is 0. The van der Waals surface area contributed by atoms with Crippen LogP contribution in [0.3, 0.4) is 0 Å². The van der Waals surface area contributed by atoms with E-state index in [2.05, 4.69) is 33.1 Å². The summed E-state index contributed by atoms with van der Waals surface area (Å²) in [6.07, 6.45) is 3.63. The third kappa shape index (κ3) is 11.9. The lowest BCUT2D eigenvalue weighted by Crippen LogP contribution is -2.53. The molecule has 0 N–H and O–H groups in total. The van der Waals surface area contributed by atoms with Crippen molar-refractivity contribution in [3.8, 4) is 0 Å². The Labute approximate surface area is 140 Å². The first-order chi connectivity index (χ1) is 10.2. The summed E-state index contributed by atoms with van der Waals surface area (Å²) < 4.78 is 29.1. The lowest BCUT2D eigenvalue weighted by molar-refractivity contribution is 0.0519. The van der Waals surface area contributed by atoms with Crippen LogP contribution in [0.1, 0.15) is 19.8 Å². The average Bonchev–Trinajstić information content (AvgIpc) is 2.44. The number of rotatable bonds is 14. The van der Waals surface area contributed by atoms with Gasteiger partial charge in [-0.3, -0.25) is 0 Å². The Balaban J connectivity index is 4.06. The molecule has 0 saturated heterocycles. The van der Waals surface area contributed by atoms with E-state index < -0.39 is 25.9 Å². The minimum absolute atomic E-state index is 0.513. The van der Waals surface area contributed by atoms with Gasteiger partial charge in [0, 0.05) is 19.9 Å². The number of unbranched alkanes of at least 4 members (excludes halogenated alkanes) is 1. The molecule has 1 unspecified atom stereocenters. The Morgan fingerprint density at radius 1 is 0.955 bits per heavy atom. The Bertz CT molecular complexity index is 279. The molecule has 0 radical (unpaired) electrons. The molecule has 0 aromatic carbocycles. The molecule has 0 aliphatic rings. The van der Waals surface area contributed by atoms with Gasteiger partial charge in [-0.1, -0.05) is 26.4 Å². The van der Waals surface area contributed by atoms with Crippen molar-refractivity contribution in [2.75, 3.05) is 39.4 Å². The molecule has 0 rings (SSSR count). The van der Waals surface area contributed by atoms with E-state index in [1.807, 2.05) is 6.55 Å². The SMILES string of the molecule is CCCCOCCOC[Si](C)(OC)O[Si](C)(C)OC[SiH](C)C. The van der Waals surface area contributed by atoms with E-state index in [4.69, 9.17) is 22.4 Å². The van der Waals surface area contributed by atoms with Crippen LogP contribution in [-0.4, -0.2) is 65.3 Å². The molecule has 0 aromatic rings. The first-order valence-electron chi connectivity index (χ1n) is 8.29. The molecule has 8 heteroatoms. The number of hydrogen-bond acceptors (Lipinski definition) is 5. The van der Waals surface area contributed by atoms with Crippen molar-refractivity contribution in [3.63, 3.8) is 0 Å². The van der Waals surface area contributed by atoms with Crippen LogP contribution in [0, 0.1) is 0 Å².